The van der Waals surface area contributed by atoms with Crippen LogP contribution in [0.15, 0.2) is 18.3 Å². The molecule has 0 aromatic carbocycles. The molecule has 1 saturated heterocycles. The van der Waals surface area contributed by atoms with Gasteiger partial charge in [0.25, 0.3) is 5.91 Å². The van der Waals surface area contributed by atoms with Crippen molar-refractivity contribution in [2.75, 3.05) is 32.1 Å². The van der Waals surface area contributed by atoms with Gasteiger partial charge in [-0.2, -0.15) is 5.10 Å². The fourth-order valence-electron chi connectivity index (χ4n) is 2.97. The van der Waals surface area contributed by atoms with Crippen LogP contribution < -0.4 is 5.32 Å². The number of rotatable bonds is 4. The first-order valence-corrected chi connectivity index (χ1v) is 8.46. The number of carbonyl (C=O) groups excluding carboxylic acids is 1. The van der Waals surface area contributed by atoms with Gasteiger partial charge < -0.3 is 15.0 Å². The second-order valence-corrected chi connectivity index (χ2v) is 6.35. The van der Waals surface area contributed by atoms with Gasteiger partial charge in [-0.15, -0.1) is 0 Å². The molecule has 2 aromatic rings. The average Bonchev–Trinajstić information content (AvgIpc) is 3.10. The summed E-state index contributed by atoms with van der Waals surface area (Å²) in [4.78, 5) is 24.0. The summed E-state index contributed by atoms with van der Waals surface area (Å²) in [5, 5.41) is 7.30. The first-order chi connectivity index (χ1) is 12.0. The summed E-state index contributed by atoms with van der Waals surface area (Å²) in [6.45, 7) is 7.30. The fourth-order valence-corrected chi connectivity index (χ4v) is 2.97. The molecular formula is C17H24N6O2. The van der Waals surface area contributed by atoms with Gasteiger partial charge in [0.05, 0.1) is 13.2 Å². The highest BCUT2D eigenvalue weighted by atomic mass is 16.5. The highest BCUT2D eigenvalue weighted by Gasteiger charge is 2.33. The Kier molecular flexibility index (Phi) is 4.98. The minimum Gasteiger partial charge on any atom is -0.377 e. The van der Waals surface area contributed by atoms with E-state index in [0.717, 1.165) is 11.5 Å². The molecule has 0 spiro atoms. The Labute approximate surface area is 147 Å². The normalized spacial score (nSPS) is 17.8. The zero-order chi connectivity index (χ0) is 18.0. The van der Waals surface area contributed by atoms with Crippen LogP contribution in [0.5, 0.6) is 0 Å². The summed E-state index contributed by atoms with van der Waals surface area (Å²) in [7, 11) is 1.81. The summed E-state index contributed by atoms with van der Waals surface area (Å²) in [6.07, 6.45) is 1.66. The Morgan fingerprint density at radius 1 is 1.40 bits per heavy atom. The third kappa shape index (κ3) is 3.48. The molecule has 3 rings (SSSR count). The van der Waals surface area contributed by atoms with Gasteiger partial charge in [-0.3, -0.25) is 9.48 Å². The number of aromatic nitrogens is 4. The zero-order valence-corrected chi connectivity index (χ0v) is 15.1. The number of hydrogen-bond donors (Lipinski definition) is 1. The van der Waals surface area contributed by atoms with Crippen molar-refractivity contribution < 1.29 is 9.53 Å². The molecule has 0 bridgehead atoms. The van der Waals surface area contributed by atoms with E-state index in [1.54, 1.807) is 21.8 Å². The van der Waals surface area contributed by atoms with E-state index in [-0.39, 0.29) is 18.0 Å². The van der Waals surface area contributed by atoms with Crippen LogP contribution in [0.2, 0.25) is 0 Å². The molecule has 8 heteroatoms. The molecular weight excluding hydrogens is 320 g/mol. The van der Waals surface area contributed by atoms with Gasteiger partial charge in [-0.1, -0.05) is 0 Å². The molecule has 1 aliphatic heterocycles. The maximum atomic E-state index is 13.1. The molecule has 1 fully saturated rings. The molecule has 0 unspecified atom stereocenters. The topological polar surface area (TPSA) is 85.2 Å². The predicted molar refractivity (Wildman–Crippen MR) is 93.5 cm³/mol. The lowest BCUT2D eigenvalue weighted by Gasteiger charge is -2.35. The summed E-state index contributed by atoms with van der Waals surface area (Å²) >= 11 is 0. The summed E-state index contributed by atoms with van der Waals surface area (Å²) in [6, 6.07) is 3.42. The average molecular weight is 344 g/mol. The molecule has 1 amide bonds. The molecule has 25 heavy (non-hydrogen) atoms. The first kappa shape index (κ1) is 17.3. The molecule has 0 saturated carbocycles. The highest BCUT2D eigenvalue weighted by Crippen LogP contribution is 2.25. The lowest BCUT2D eigenvalue weighted by molar-refractivity contribution is -0.00592. The van der Waals surface area contributed by atoms with E-state index in [1.165, 1.54) is 0 Å². The van der Waals surface area contributed by atoms with Crippen LogP contribution in [0.4, 0.5) is 5.82 Å². The van der Waals surface area contributed by atoms with Crippen molar-refractivity contribution >= 4 is 11.7 Å². The zero-order valence-electron chi connectivity index (χ0n) is 15.1. The number of ether oxygens (including phenoxy) is 1. The van der Waals surface area contributed by atoms with Gasteiger partial charge in [0.1, 0.15) is 17.6 Å². The molecule has 3 heterocycles. The lowest BCUT2D eigenvalue weighted by atomic mass is 10.1. The van der Waals surface area contributed by atoms with Crippen LogP contribution in [-0.2, 0) is 4.74 Å². The maximum absolute atomic E-state index is 13.1. The van der Waals surface area contributed by atoms with E-state index < -0.39 is 0 Å². The van der Waals surface area contributed by atoms with Crippen molar-refractivity contribution in [3.63, 3.8) is 0 Å². The van der Waals surface area contributed by atoms with Gasteiger partial charge in [-0.05, 0) is 26.8 Å². The fraction of sp³-hybridized carbons (Fsp3) is 0.529. The van der Waals surface area contributed by atoms with E-state index in [4.69, 9.17) is 4.74 Å². The van der Waals surface area contributed by atoms with Crippen LogP contribution in [0.1, 0.15) is 47.9 Å². The Morgan fingerprint density at radius 3 is 2.92 bits per heavy atom. The number of morpholine rings is 1. The van der Waals surface area contributed by atoms with E-state index in [2.05, 4.69) is 20.4 Å². The van der Waals surface area contributed by atoms with Crippen molar-refractivity contribution in [3.05, 3.63) is 35.5 Å². The smallest absolute Gasteiger partial charge is 0.272 e. The highest BCUT2D eigenvalue weighted by molar-refractivity contribution is 5.93. The minimum atomic E-state index is -0.316. The third-order valence-corrected chi connectivity index (χ3v) is 4.19. The molecule has 1 atom stereocenters. The van der Waals surface area contributed by atoms with Gasteiger partial charge in [0.2, 0.25) is 0 Å². The number of anilines is 1. The van der Waals surface area contributed by atoms with Crippen LogP contribution in [0, 0.1) is 6.92 Å². The standard InChI is InChI=1S/C17H24N6O2/c1-11(2)23-13(5-6-19-23)17(24)22-7-8-25-10-14(22)16-20-12(3)9-15(18-4)21-16/h5-6,9,11,14H,7-8,10H2,1-4H3,(H,18,20,21)/t14-/m0/s1. The Morgan fingerprint density at radius 2 is 2.20 bits per heavy atom. The summed E-state index contributed by atoms with van der Waals surface area (Å²) in [5.41, 5.74) is 1.42. The summed E-state index contributed by atoms with van der Waals surface area (Å²) in [5.74, 6) is 1.25. The third-order valence-electron chi connectivity index (χ3n) is 4.19. The van der Waals surface area contributed by atoms with E-state index >= 15 is 0 Å². The Hall–Kier alpha value is -2.48. The van der Waals surface area contributed by atoms with E-state index in [0.29, 0.717) is 31.3 Å². The van der Waals surface area contributed by atoms with Crippen molar-refractivity contribution in [2.45, 2.75) is 32.9 Å². The monoisotopic (exact) mass is 344 g/mol. The number of nitrogens with zero attached hydrogens (tertiary/aromatic N) is 5. The van der Waals surface area contributed by atoms with Crippen LogP contribution in [-0.4, -0.2) is 57.4 Å². The van der Waals surface area contributed by atoms with Crippen molar-refractivity contribution in [1.29, 1.82) is 0 Å². The molecule has 1 aliphatic rings. The molecule has 1 N–H and O–H groups in total. The number of nitrogens with one attached hydrogen (secondary N) is 1. The van der Waals surface area contributed by atoms with Crippen LogP contribution in [0.3, 0.4) is 0 Å². The lowest BCUT2D eigenvalue weighted by Crippen LogP contribution is -2.45. The molecule has 8 nitrogen and oxygen atoms in total. The number of aryl methyl sites for hydroxylation is 1. The van der Waals surface area contributed by atoms with Crippen molar-refractivity contribution in [3.8, 4) is 0 Å². The minimum absolute atomic E-state index is 0.0735. The van der Waals surface area contributed by atoms with Crippen LogP contribution in [0.25, 0.3) is 0 Å². The van der Waals surface area contributed by atoms with Crippen LogP contribution >= 0.6 is 0 Å². The number of amides is 1. The summed E-state index contributed by atoms with van der Waals surface area (Å²) < 4.78 is 7.35. The largest absolute Gasteiger partial charge is 0.377 e. The van der Waals surface area contributed by atoms with E-state index in [1.807, 2.05) is 33.9 Å². The SMILES string of the molecule is CNc1cc(C)nc([C@@H]2COCCN2C(=O)c2ccnn2C(C)C)n1. The molecule has 0 radical (unpaired) electrons. The number of carbonyl (C=O) groups is 1. The van der Waals surface area contributed by atoms with Crippen molar-refractivity contribution in [1.82, 2.24) is 24.6 Å². The van der Waals surface area contributed by atoms with E-state index in [9.17, 15) is 4.79 Å². The molecule has 134 valence electrons. The van der Waals surface area contributed by atoms with Gasteiger partial charge in [-0.25, -0.2) is 9.97 Å². The van der Waals surface area contributed by atoms with Gasteiger partial charge in [0, 0.05) is 37.6 Å². The predicted octanol–water partition coefficient (Wildman–Crippen LogP) is 1.82. The Balaban J connectivity index is 1.95. The molecule has 2 aromatic heterocycles. The second kappa shape index (κ2) is 7.18. The number of hydrogen-bond acceptors (Lipinski definition) is 6. The van der Waals surface area contributed by atoms with Gasteiger partial charge >= 0.3 is 0 Å². The van der Waals surface area contributed by atoms with Gasteiger partial charge in [0.15, 0.2) is 5.82 Å². The van der Waals surface area contributed by atoms with Crippen molar-refractivity contribution in [2.24, 2.45) is 0 Å². The Bertz CT molecular complexity index is 757. The second-order valence-electron chi connectivity index (χ2n) is 6.35. The maximum Gasteiger partial charge on any atom is 0.272 e. The molecule has 0 aliphatic carbocycles. The quantitative estimate of drug-likeness (QED) is 0.911. The first-order valence-electron chi connectivity index (χ1n) is 8.46.